The first-order valence-electron chi connectivity index (χ1n) is 7.93. The summed E-state index contributed by atoms with van der Waals surface area (Å²) in [6.45, 7) is 0.573. The van der Waals surface area contributed by atoms with E-state index in [9.17, 15) is 9.59 Å². The highest BCUT2D eigenvalue weighted by molar-refractivity contribution is 5.98. The first-order valence-corrected chi connectivity index (χ1v) is 7.93. The third-order valence-electron chi connectivity index (χ3n) is 3.84. The second-order valence-electron chi connectivity index (χ2n) is 5.63. The van der Waals surface area contributed by atoms with Crippen molar-refractivity contribution >= 4 is 17.5 Å². The molecular formula is C18H19N3O3. The molecule has 24 heavy (non-hydrogen) atoms. The van der Waals surface area contributed by atoms with Crippen molar-refractivity contribution in [2.24, 2.45) is 0 Å². The predicted molar refractivity (Wildman–Crippen MR) is 89.7 cm³/mol. The van der Waals surface area contributed by atoms with E-state index in [0.717, 1.165) is 12.2 Å². The fourth-order valence-corrected chi connectivity index (χ4v) is 2.51. The van der Waals surface area contributed by atoms with Crippen LogP contribution >= 0.6 is 0 Å². The number of aromatic nitrogens is 1. The molecule has 2 amide bonds. The lowest BCUT2D eigenvalue weighted by molar-refractivity contribution is -0.122. The van der Waals surface area contributed by atoms with Gasteiger partial charge in [-0.15, -0.1) is 0 Å². The Morgan fingerprint density at radius 2 is 1.96 bits per heavy atom. The van der Waals surface area contributed by atoms with E-state index in [1.165, 1.54) is 5.56 Å². The molecule has 2 heterocycles. The molecule has 1 saturated heterocycles. The van der Waals surface area contributed by atoms with Gasteiger partial charge in [-0.25, -0.2) is 0 Å². The largest absolute Gasteiger partial charge is 0.493 e. The summed E-state index contributed by atoms with van der Waals surface area (Å²) in [5, 5.41) is 5.45. The summed E-state index contributed by atoms with van der Waals surface area (Å²) < 4.78 is 5.69. The zero-order valence-corrected chi connectivity index (χ0v) is 13.2. The lowest BCUT2D eigenvalue weighted by atomic mass is 10.2. The Morgan fingerprint density at radius 1 is 1.21 bits per heavy atom. The van der Waals surface area contributed by atoms with Crippen LogP contribution in [0.5, 0.6) is 5.75 Å². The van der Waals surface area contributed by atoms with E-state index < -0.39 is 6.04 Å². The molecule has 1 fully saturated rings. The highest BCUT2D eigenvalue weighted by atomic mass is 16.5. The van der Waals surface area contributed by atoms with Crippen LogP contribution in [0.25, 0.3) is 0 Å². The van der Waals surface area contributed by atoms with Crippen molar-refractivity contribution in [1.29, 1.82) is 0 Å². The maximum absolute atomic E-state index is 12.0. The van der Waals surface area contributed by atoms with Crippen LogP contribution in [0.2, 0.25) is 0 Å². The number of benzene rings is 1. The van der Waals surface area contributed by atoms with Crippen LogP contribution < -0.4 is 15.4 Å². The molecule has 0 bridgehead atoms. The van der Waals surface area contributed by atoms with Crippen molar-refractivity contribution < 1.29 is 14.3 Å². The summed E-state index contributed by atoms with van der Waals surface area (Å²) >= 11 is 0. The molecule has 6 heteroatoms. The Kier molecular flexibility index (Phi) is 5.05. The molecule has 2 aromatic rings. The number of anilines is 1. The maximum atomic E-state index is 12.0. The highest BCUT2D eigenvalue weighted by Gasteiger charge is 2.26. The molecule has 1 unspecified atom stereocenters. The Hall–Kier alpha value is -2.89. The zero-order valence-electron chi connectivity index (χ0n) is 13.2. The van der Waals surface area contributed by atoms with Crippen molar-refractivity contribution in [2.45, 2.75) is 25.3 Å². The minimum absolute atomic E-state index is 0.0758. The molecule has 1 aliphatic heterocycles. The quantitative estimate of drug-likeness (QED) is 0.850. The second-order valence-corrected chi connectivity index (χ2v) is 5.63. The first-order chi connectivity index (χ1) is 11.7. The van der Waals surface area contributed by atoms with Gasteiger partial charge in [-0.3, -0.25) is 14.6 Å². The van der Waals surface area contributed by atoms with E-state index in [1.54, 1.807) is 24.5 Å². The average molecular weight is 325 g/mol. The monoisotopic (exact) mass is 325 g/mol. The number of hydrogen-bond acceptors (Lipinski definition) is 4. The van der Waals surface area contributed by atoms with Gasteiger partial charge in [-0.05, 0) is 48.4 Å². The van der Waals surface area contributed by atoms with Crippen LogP contribution in [-0.4, -0.2) is 29.4 Å². The molecule has 3 rings (SSSR count). The van der Waals surface area contributed by atoms with E-state index in [4.69, 9.17) is 4.74 Å². The topological polar surface area (TPSA) is 80.3 Å². The van der Waals surface area contributed by atoms with Gasteiger partial charge in [-0.2, -0.15) is 0 Å². The number of pyridine rings is 1. The van der Waals surface area contributed by atoms with Crippen molar-refractivity contribution in [3.05, 3.63) is 54.4 Å². The summed E-state index contributed by atoms with van der Waals surface area (Å²) in [5.74, 6) is 0.483. The highest BCUT2D eigenvalue weighted by Crippen LogP contribution is 2.17. The van der Waals surface area contributed by atoms with Gasteiger partial charge in [0.25, 0.3) is 0 Å². The minimum Gasteiger partial charge on any atom is -0.493 e. The van der Waals surface area contributed by atoms with Crippen LogP contribution in [0.4, 0.5) is 5.69 Å². The average Bonchev–Trinajstić information content (AvgIpc) is 3.04. The van der Waals surface area contributed by atoms with Gasteiger partial charge in [0, 0.05) is 30.9 Å². The van der Waals surface area contributed by atoms with Crippen LogP contribution in [0.3, 0.4) is 0 Å². The summed E-state index contributed by atoms with van der Waals surface area (Å²) in [7, 11) is 0. The molecule has 0 radical (unpaired) electrons. The molecule has 1 aromatic carbocycles. The third-order valence-corrected chi connectivity index (χ3v) is 3.84. The van der Waals surface area contributed by atoms with Crippen molar-refractivity contribution in [3.8, 4) is 5.75 Å². The standard InChI is InChI=1S/C18H19N3O3/c22-17-6-5-16(21-17)18(23)20-14-1-3-15(4-2-14)24-12-9-13-7-10-19-11-8-13/h1-4,7-8,10-11,16H,5-6,9,12H2,(H,20,23)(H,21,22). The summed E-state index contributed by atoms with van der Waals surface area (Å²) in [4.78, 5) is 27.1. The van der Waals surface area contributed by atoms with Crippen LogP contribution in [0.15, 0.2) is 48.8 Å². The van der Waals surface area contributed by atoms with Crippen molar-refractivity contribution in [1.82, 2.24) is 10.3 Å². The number of hydrogen-bond donors (Lipinski definition) is 2. The van der Waals surface area contributed by atoms with Gasteiger partial charge in [-0.1, -0.05) is 0 Å². The zero-order chi connectivity index (χ0) is 16.8. The molecule has 0 aliphatic carbocycles. The molecule has 1 atom stereocenters. The SMILES string of the molecule is O=C1CCC(C(=O)Nc2ccc(OCCc3ccncc3)cc2)N1. The number of carbonyl (C=O) groups is 2. The Labute approximate surface area is 140 Å². The van der Waals surface area contributed by atoms with Gasteiger partial charge in [0.15, 0.2) is 0 Å². The number of ether oxygens (including phenoxy) is 1. The van der Waals surface area contributed by atoms with Crippen LogP contribution in [0.1, 0.15) is 18.4 Å². The normalized spacial score (nSPS) is 16.5. The lowest BCUT2D eigenvalue weighted by Gasteiger charge is -2.11. The van der Waals surface area contributed by atoms with E-state index in [2.05, 4.69) is 15.6 Å². The fraction of sp³-hybridized carbons (Fsp3) is 0.278. The van der Waals surface area contributed by atoms with Crippen molar-refractivity contribution in [3.63, 3.8) is 0 Å². The number of carbonyl (C=O) groups excluding carboxylic acids is 2. The number of rotatable bonds is 6. The lowest BCUT2D eigenvalue weighted by Crippen LogP contribution is -2.37. The summed E-state index contributed by atoms with van der Waals surface area (Å²) in [5.41, 5.74) is 1.86. The summed E-state index contributed by atoms with van der Waals surface area (Å²) in [6, 6.07) is 10.7. The van der Waals surface area contributed by atoms with Crippen LogP contribution in [-0.2, 0) is 16.0 Å². The third kappa shape index (κ3) is 4.32. The predicted octanol–water partition coefficient (Wildman–Crippen LogP) is 1.92. The molecular weight excluding hydrogens is 306 g/mol. The number of nitrogens with one attached hydrogen (secondary N) is 2. The van der Waals surface area contributed by atoms with E-state index >= 15 is 0 Å². The Balaban J connectivity index is 1.46. The van der Waals surface area contributed by atoms with Gasteiger partial charge >= 0.3 is 0 Å². The first kappa shape index (κ1) is 16.0. The number of nitrogens with zero attached hydrogens (tertiary/aromatic N) is 1. The Morgan fingerprint density at radius 3 is 2.62 bits per heavy atom. The van der Waals surface area contributed by atoms with E-state index in [-0.39, 0.29) is 11.8 Å². The Bertz CT molecular complexity index is 701. The molecule has 1 aromatic heterocycles. The summed E-state index contributed by atoms with van der Waals surface area (Å²) in [6.07, 6.45) is 5.28. The molecule has 2 N–H and O–H groups in total. The maximum Gasteiger partial charge on any atom is 0.246 e. The molecule has 1 aliphatic rings. The molecule has 0 saturated carbocycles. The van der Waals surface area contributed by atoms with Gasteiger partial charge in [0.2, 0.25) is 11.8 Å². The number of amides is 2. The van der Waals surface area contributed by atoms with Gasteiger partial charge in [0.1, 0.15) is 11.8 Å². The molecule has 0 spiro atoms. The van der Waals surface area contributed by atoms with Gasteiger partial charge in [0.05, 0.1) is 6.61 Å². The van der Waals surface area contributed by atoms with E-state index in [0.29, 0.717) is 25.1 Å². The molecule has 124 valence electrons. The van der Waals surface area contributed by atoms with Gasteiger partial charge < -0.3 is 15.4 Å². The second kappa shape index (κ2) is 7.59. The smallest absolute Gasteiger partial charge is 0.246 e. The van der Waals surface area contributed by atoms with Crippen molar-refractivity contribution in [2.75, 3.05) is 11.9 Å². The fourth-order valence-electron chi connectivity index (χ4n) is 2.51. The minimum atomic E-state index is -0.436. The van der Waals surface area contributed by atoms with Crippen LogP contribution in [0, 0.1) is 0 Å². The molecule has 6 nitrogen and oxygen atoms in total. The van der Waals surface area contributed by atoms with E-state index in [1.807, 2.05) is 24.3 Å².